The number of nitrogens with one attached hydrogen (secondary N) is 2. The van der Waals surface area contributed by atoms with Crippen LogP contribution in [0.5, 0.6) is 0 Å². The van der Waals surface area contributed by atoms with Gasteiger partial charge in [0.15, 0.2) is 0 Å². The summed E-state index contributed by atoms with van der Waals surface area (Å²) in [6.45, 7) is 11.1. The fourth-order valence-corrected chi connectivity index (χ4v) is 7.23. The first-order valence-corrected chi connectivity index (χ1v) is 17.4. The van der Waals surface area contributed by atoms with Crippen LogP contribution in [0.1, 0.15) is 65.9 Å². The van der Waals surface area contributed by atoms with E-state index in [1.807, 2.05) is 68.0 Å². The Bertz CT molecular complexity index is 1210. The van der Waals surface area contributed by atoms with Crippen molar-refractivity contribution in [3.8, 4) is 0 Å². The van der Waals surface area contributed by atoms with Gasteiger partial charge in [-0.25, -0.2) is 0 Å². The molecule has 0 radical (unpaired) electrons. The van der Waals surface area contributed by atoms with Crippen molar-refractivity contribution in [3.63, 3.8) is 0 Å². The van der Waals surface area contributed by atoms with Gasteiger partial charge in [0.25, 0.3) is 5.91 Å². The van der Waals surface area contributed by atoms with Gasteiger partial charge in [-0.2, -0.15) is 0 Å². The highest BCUT2D eigenvalue weighted by Gasteiger charge is 2.46. The number of nitrogens with zero attached hydrogens (tertiary/aromatic N) is 2. The maximum Gasteiger partial charge on any atom is 0.251 e. The Morgan fingerprint density at radius 3 is 2.27 bits per heavy atom. The number of hydrogen-bond donors (Lipinski definition) is 3. The molecular formula is C36H59N5O7. The van der Waals surface area contributed by atoms with Crippen molar-refractivity contribution < 1.29 is 33.4 Å². The molecule has 2 saturated heterocycles. The normalized spacial score (nSPS) is 21.1. The maximum atomic E-state index is 14.1. The minimum absolute atomic E-state index is 0.0547. The highest BCUT2D eigenvalue weighted by Crippen LogP contribution is 2.30. The summed E-state index contributed by atoms with van der Waals surface area (Å²) in [7, 11) is 5.03. The van der Waals surface area contributed by atoms with Gasteiger partial charge in [-0.15, -0.1) is 0 Å². The first-order chi connectivity index (χ1) is 22.8. The average Bonchev–Trinajstić information content (AvgIpc) is 3.53. The van der Waals surface area contributed by atoms with E-state index in [1.165, 1.54) is 0 Å². The third-order valence-electron chi connectivity index (χ3n) is 10.2. The zero-order valence-electron chi connectivity index (χ0n) is 30.2. The lowest BCUT2D eigenvalue weighted by atomic mass is 9.87. The van der Waals surface area contributed by atoms with Crippen LogP contribution in [0.3, 0.4) is 0 Å². The van der Waals surface area contributed by atoms with E-state index in [2.05, 4.69) is 24.5 Å². The first kappa shape index (κ1) is 39.5. The largest absolute Gasteiger partial charge is 0.379 e. The summed E-state index contributed by atoms with van der Waals surface area (Å²) in [6, 6.07) is 8.75. The molecule has 2 fully saturated rings. The lowest BCUT2D eigenvalue weighted by Crippen LogP contribution is -2.68. The number of methoxy groups -OCH3 is 2. The molecule has 270 valence electrons. The number of carbonyl (C=O) groups excluding carboxylic acids is 4. The second-order valence-corrected chi connectivity index (χ2v) is 14.0. The monoisotopic (exact) mass is 673 g/mol. The highest BCUT2D eigenvalue weighted by molar-refractivity contribution is 6.02. The van der Waals surface area contributed by atoms with E-state index in [0.717, 1.165) is 31.2 Å². The average molecular weight is 674 g/mol. The number of benzene rings is 1. The smallest absolute Gasteiger partial charge is 0.251 e. The van der Waals surface area contributed by atoms with Crippen LogP contribution in [0.4, 0.5) is 0 Å². The van der Waals surface area contributed by atoms with Gasteiger partial charge < -0.3 is 30.2 Å². The van der Waals surface area contributed by atoms with Gasteiger partial charge in [0, 0.05) is 33.4 Å². The summed E-state index contributed by atoms with van der Waals surface area (Å²) < 4.78 is 17.0. The van der Waals surface area contributed by atoms with Crippen LogP contribution < -0.4 is 16.4 Å². The van der Waals surface area contributed by atoms with Crippen LogP contribution in [-0.4, -0.2) is 117 Å². The van der Waals surface area contributed by atoms with Crippen molar-refractivity contribution in [2.75, 3.05) is 47.6 Å². The lowest BCUT2D eigenvalue weighted by molar-refractivity contribution is -0.149. The molecule has 0 bridgehead atoms. The summed E-state index contributed by atoms with van der Waals surface area (Å²) in [4.78, 5) is 57.4. The van der Waals surface area contributed by atoms with Crippen molar-refractivity contribution in [2.24, 2.45) is 23.5 Å². The van der Waals surface area contributed by atoms with E-state index >= 15 is 0 Å². The van der Waals surface area contributed by atoms with Crippen molar-refractivity contribution in [1.29, 1.82) is 0 Å². The van der Waals surface area contributed by atoms with Gasteiger partial charge in [0.05, 0.1) is 49.8 Å². The Kier molecular flexibility index (Phi) is 15.0. The summed E-state index contributed by atoms with van der Waals surface area (Å²) in [5.74, 6) is -1.74. The van der Waals surface area contributed by atoms with E-state index in [4.69, 9.17) is 19.9 Å². The minimum Gasteiger partial charge on any atom is -0.379 e. The predicted molar refractivity (Wildman–Crippen MR) is 184 cm³/mol. The van der Waals surface area contributed by atoms with E-state index < -0.39 is 41.5 Å². The zero-order valence-corrected chi connectivity index (χ0v) is 30.2. The maximum absolute atomic E-state index is 14.1. The molecule has 1 aromatic rings. The molecule has 12 heteroatoms. The van der Waals surface area contributed by atoms with Gasteiger partial charge >= 0.3 is 0 Å². The molecule has 0 spiro atoms. The van der Waals surface area contributed by atoms with Gasteiger partial charge in [0.1, 0.15) is 5.54 Å². The molecule has 7 atom stereocenters. The van der Waals surface area contributed by atoms with Crippen LogP contribution in [0.15, 0.2) is 30.3 Å². The van der Waals surface area contributed by atoms with Crippen LogP contribution in [0, 0.1) is 17.8 Å². The van der Waals surface area contributed by atoms with E-state index in [1.54, 1.807) is 14.2 Å². The van der Waals surface area contributed by atoms with Gasteiger partial charge in [-0.1, -0.05) is 71.4 Å². The molecule has 0 aromatic heterocycles. The van der Waals surface area contributed by atoms with Crippen LogP contribution in [0.2, 0.25) is 0 Å². The number of nitrogens with two attached hydrogens (primary N) is 1. The summed E-state index contributed by atoms with van der Waals surface area (Å²) >= 11 is 0. The number of ether oxygens (including phenoxy) is 3. The molecule has 12 nitrogen and oxygen atoms in total. The zero-order chi connectivity index (χ0) is 35.6. The fourth-order valence-electron chi connectivity index (χ4n) is 7.23. The van der Waals surface area contributed by atoms with Crippen LogP contribution in [-0.2, 0) is 39.8 Å². The number of likely N-dealkylation sites (tertiary alicyclic amines) is 1. The third kappa shape index (κ3) is 9.62. The highest BCUT2D eigenvalue weighted by atomic mass is 16.5. The Balaban J connectivity index is 1.72. The van der Waals surface area contributed by atoms with E-state index in [9.17, 15) is 19.2 Å². The standard InChI is InChI=1S/C36H59N5O7/c1-9-24(4)31(40(6)30(23(2)3)34(44)39-35(45)36(37)21-48-22-36)28(46-7)20-29(42)41-19-13-16-27(41)32(47-8)25(5)33(43)38-18-17-26-14-11-10-12-15-26/h10-12,14-15,23-25,27-28,30-32H,9,13,16-22,37H2,1-8H3,(H,38,43)(H,39,44,45)/t24-,25+,27-,28+,30-,31-,32+/m0/s1. The second-order valence-electron chi connectivity index (χ2n) is 14.0. The number of carbonyl (C=O) groups is 4. The molecule has 48 heavy (non-hydrogen) atoms. The Labute approximate surface area is 286 Å². The topological polar surface area (TPSA) is 153 Å². The summed E-state index contributed by atoms with van der Waals surface area (Å²) in [6.07, 6.45) is 2.14. The number of likely N-dealkylation sites (N-methyl/N-ethyl adjacent to an activating group) is 1. The summed E-state index contributed by atoms with van der Waals surface area (Å²) in [5, 5.41) is 5.56. The lowest BCUT2D eigenvalue weighted by Gasteiger charge is -2.43. The molecule has 4 N–H and O–H groups in total. The molecule has 0 aliphatic carbocycles. The number of rotatable bonds is 18. The van der Waals surface area contributed by atoms with Crippen molar-refractivity contribution >= 4 is 23.6 Å². The predicted octanol–water partition coefficient (Wildman–Crippen LogP) is 2.13. The SMILES string of the molecule is CC[C@H](C)[C@@H]([C@@H](CC(=O)N1CCC[C@H]1[C@H](OC)[C@@H](C)C(=O)NCCc1ccccc1)OC)N(C)[C@H](C(=O)NC(=O)C1(N)COC1)C(C)C. The molecule has 3 rings (SSSR count). The van der Waals surface area contributed by atoms with Crippen molar-refractivity contribution in [1.82, 2.24) is 20.4 Å². The molecule has 0 saturated carbocycles. The number of amides is 4. The van der Waals surface area contributed by atoms with Crippen LogP contribution in [0.25, 0.3) is 0 Å². The molecule has 2 heterocycles. The van der Waals surface area contributed by atoms with Crippen LogP contribution >= 0.6 is 0 Å². The number of imide groups is 1. The molecule has 4 amide bonds. The third-order valence-corrected chi connectivity index (χ3v) is 10.2. The molecule has 1 aromatic carbocycles. The van der Waals surface area contributed by atoms with E-state index in [0.29, 0.717) is 13.1 Å². The quantitative estimate of drug-likeness (QED) is 0.213. The molecule has 2 aliphatic heterocycles. The Morgan fingerprint density at radius 1 is 1.06 bits per heavy atom. The molecule has 2 aliphatic rings. The minimum atomic E-state index is -1.21. The van der Waals surface area contributed by atoms with Gasteiger partial charge in [-0.3, -0.25) is 29.4 Å². The molecule has 0 unspecified atom stereocenters. The van der Waals surface area contributed by atoms with Crippen molar-refractivity contribution in [3.05, 3.63) is 35.9 Å². The Morgan fingerprint density at radius 2 is 1.73 bits per heavy atom. The number of hydrogen-bond acceptors (Lipinski definition) is 9. The van der Waals surface area contributed by atoms with Crippen molar-refractivity contribution in [2.45, 2.75) is 103 Å². The second kappa shape index (κ2) is 18.2. The molecular weight excluding hydrogens is 614 g/mol. The summed E-state index contributed by atoms with van der Waals surface area (Å²) in [5.41, 5.74) is 6.03. The van der Waals surface area contributed by atoms with Gasteiger partial charge in [-0.05, 0) is 43.7 Å². The Hall–Kier alpha value is -2.90. The fraction of sp³-hybridized carbons (Fsp3) is 0.722. The van der Waals surface area contributed by atoms with E-state index in [-0.39, 0.29) is 55.4 Å². The van der Waals surface area contributed by atoms with Gasteiger partial charge in [0.2, 0.25) is 17.7 Å². The first-order valence-electron chi connectivity index (χ1n) is 17.4.